The second-order valence-electron chi connectivity index (χ2n) is 5.36. The molecule has 2 unspecified atom stereocenters. The molecule has 1 aliphatic carbocycles. The lowest BCUT2D eigenvalue weighted by Gasteiger charge is -2.31. The van der Waals surface area contributed by atoms with Gasteiger partial charge in [-0.2, -0.15) is 0 Å². The van der Waals surface area contributed by atoms with Crippen molar-refractivity contribution in [3.63, 3.8) is 0 Å². The van der Waals surface area contributed by atoms with Gasteiger partial charge in [-0.3, -0.25) is 4.98 Å². The van der Waals surface area contributed by atoms with Crippen LogP contribution in [0.1, 0.15) is 50.4 Å². The minimum absolute atomic E-state index is 0.303. The molecule has 0 amide bonds. The Morgan fingerprint density at radius 3 is 2.89 bits per heavy atom. The van der Waals surface area contributed by atoms with Gasteiger partial charge in [-0.25, -0.2) is 0 Å². The molecule has 0 aliphatic heterocycles. The summed E-state index contributed by atoms with van der Waals surface area (Å²) in [7, 11) is 0. The largest absolute Gasteiger partial charge is 0.506 e. The smallest absolute Gasteiger partial charge is 0.138 e. The van der Waals surface area contributed by atoms with Crippen LogP contribution in [0.25, 0.3) is 0 Å². The molecule has 1 aromatic rings. The maximum absolute atomic E-state index is 9.79. The van der Waals surface area contributed by atoms with Crippen LogP contribution in [0.2, 0.25) is 0 Å². The van der Waals surface area contributed by atoms with Gasteiger partial charge in [-0.15, -0.1) is 0 Å². The van der Waals surface area contributed by atoms with Gasteiger partial charge in [0, 0.05) is 18.3 Å². The van der Waals surface area contributed by atoms with E-state index in [4.69, 9.17) is 0 Å². The van der Waals surface area contributed by atoms with E-state index in [1.165, 1.54) is 32.1 Å². The minimum Gasteiger partial charge on any atom is -0.506 e. The van der Waals surface area contributed by atoms with E-state index in [1.807, 2.05) is 13.0 Å². The lowest BCUT2D eigenvalue weighted by molar-refractivity contribution is 0.253. The molecule has 3 nitrogen and oxygen atoms in total. The number of rotatable bonds is 4. The lowest BCUT2D eigenvalue weighted by atomic mass is 9.83. The molecule has 0 radical (unpaired) electrons. The first-order valence-corrected chi connectivity index (χ1v) is 7.09. The maximum Gasteiger partial charge on any atom is 0.138 e. The second kappa shape index (κ2) is 6.19. The molecule has 1 aromatic heterocycles. The second-order valence-corrected chi connectivity index (χ2v) is 5.36. The molecule has 0 bridgehead atoms. The van der Waals surface area contributed by atoms with Crippen molar-refractivity contribution in [1.82, 2.24) is 10.3 Å². The van der Waals surface area contributed by atoms with Crippen molar-refractivity contribution in [3.8, 4) is 5.75 Å². The average molecular weight is 248 g/mol. The van der Waals surface area contributed by atoms with Gasteiger partial charge in [0.05, 0.1) is 5.69 Å². The number of nitrogens with zero attached hydrogens (tertiary/aromatic N) is 1. The Morgan fingerprint density at radius 2 is 2.11 bits per heavy atom. The van der Waals surface area contributed by atoms with E-state index < -0.39 is 0 Å². The first kappa shape index (κ1) is 13.3. The Kier molecular flexibility index (Phi) is 4.59. The van der Waals surface area contributed by atoms with Crippen LogP contribution in [0.3, 0.4) is 0 Å². The predicted molar refractivity (Wildman–Crippen MR) is 73.5 cm³/mol. The highest BCUT2D eigenvalue weighted by Crippen LogP contribution is 2.27. The fraction of sp³-hybridized carbons (Fsp3) is 0.667. The van der Waals surface area contributed by atoms with Crippen molar-refractivity contribution < 1.29 is 5.11 Å². The van der Waals surface area contributed by atoms with Crippen LogP contribution in [0.15, 0.2) is 12.1 Å². The van der Waals surface area contributed by atoms with Gasteiger partial charge in [0.2, 0.25) is 0 Å². The standard InChI is InChI=1S/C15H24N2O/c1-3-12-6-4-5-7-13(12)16-10-14-15(18)9-8-11(2)17-14/h8-9,12-13,16,18H,3-7,10H2,1-2H3. The molecule has 0 spiro atoms. The van der Waals surface area contributed by atoms with Crippen molar-refractivity contribution in [2.75, 3.05) is 0 Å². The number of pyridine rings is 1. The quantitative estimate of drug-likeness (QED) is 0.860. The zero-order valence-electron chi connectivity index (χ0n) is 11.4. The Labute approximate surface area is 110 Å². The highest BCUT2D eigenvalue weighted by molar-refractivity contribution is 5.27. The van der Waals surface area contributed by atoms with Crippen LogP contribution in [0.5, 0.6) is 5.75 Å². The third kappa shape index (κ3) is 3.22. The lowest BCUT2D eigenvalue weighted by Crippen LogP contribution is -2.38. The highest BCUT2D eigenvalue weighted by Gasteiger charge is 2.23. The topological polar surface area (TPSA) is 45.2 Å². The van der Waals surface area contributed by atoms with Crippen LogP contribution >= 0.6 is 0 Å². The number of nitrogens with one attached hydrogen (secondary N) is 1. The van der Waals surface area contributed by atoms with Gasteiger partial charge in [0.1, 0.15) is 5.75 Å². The molecule has 100 valence electrons. The Balaban J connectivity index is 1.95. The first-order chi connectivity index (χ1) is 8.70. The van der Waals surface area contributed by atoms with E-state index >= 15 is 0 Å². The van der Waals surface area contributed by atoms with Gasteiger partial charge in [-0.05, 0) is 37.8 Å². The van der Waals surface area contributed by atoms with Gasteiger partial charge >= 0.3 is 0 Å². The summed E-state index contributed by atoms with van der Waals surface area (Å²) in [5.41, 5.74) is 1.73. The van der Waals surface area contributed by atoms with E-state index in [0.717, 1.165) is 17.3 Å². The number of aromatic nitrogens is 1. The Morgan fingerprint density at radius 1 is 1.33 bits per heavy atom. The molecule has 0 saturated heterocycles. The normalized spacial score (nSPS) is 24.1. The summed E-state index contributed by atoms with van der Waals surface area (Å²) < 4.78 is 0. The zero-order valence-corrected chi connectivity index (χ0v) is 11.4. The summed E-state index contributed by atoms with van der Waals surface area (Å²) in [6.45, 7) is 4.90. The maximum atomic E-state index is 9.79. The van der Waals surface area contributed by atoms with Gasteiger partial charge in [0.25, 0.3) is 0 Å². The van der Waals surface area contributed by atoms with E-state index in [0.29, 0.717) is 18.3 Å². The molecular weight excluding hydrogens is 224 g/mol. The fourth-order valence-electron chi connectivity index (χ4n) is 2.93. The van der Waals surface area contributed by atoms with Gasteiger partial charge < -0.3 is 10.4 Å². The molecule has 2 atom stereocenters. The summed E-state index contributed by atoms with van der Waals surface area (Å²) in [5.74, 6) is 1.09. The summed E-state index contributed by atoms with van der Waals surface area (Å²) in [6, 6.07) is 4.16. The number of aryl methyl sites for hydroxylation is 1. The van der Waals surface area contributed by atoms with Crippen LogP contribution in [-0.2, 0) is 6.54 Å². The molecule has 18 heavy (non-hydrogen) atoms. The predicted octanol–water partition coefficient (Wildman–Crippen LogP) is 3.15. The van der Waals surface area contributed by atoms with Crippen LogP contribution < -0.4 is 5.32 Å². The van der Waals surface area contributed by atoms with E-state index in [9.17, 15) is 5.11 Å². The number of aromatic hydroxyl groups is 1. The highest BCUT2D eigenvalue weighted by atomic mass is 16.3. The number of hydrogen-bond acceptors (Lipinski definition) is 3. The first-order valence-electron chi connectivity index (χ1n) is 7.09. The SMILES string of the molecule is CCC1CCCCC1NCc1nc(C)ccc1O. The minimum atomic E-state index is 0.303. The molecule has 0 aromatic carbocycles. The monoisotopic (exact) mass is 248 g/mol. The molecule has 2 N–H and O–H groups in total. The molecule has 3 heteroatoms. The van der Waals surface area contributed by atoms with Crippen molar-refractivity contribution in [3.05, 3.63) is 23.5 Å². The molecule has 1 aliphatic rings. The zero-order chi connectivity index (χ0) is 13.0. The van der Waals surface area contributed by atoms with E-state index in [1.54, 1.807) is 6.07 Å². The third-order valence-electron chi connectivity index (χ3n) is 4.05. The van der Waals surface area contributed by atoms with Crippen LogP contribution in [-0.4, -0.2) is 16.1 Å². The fourth-order valence-corrected chi connectivity index (χ4v) is 2.93. The van der Waals surface area contributed by atoms with Crippen molar-refractivity contribution in [1.29, 1.82) is 0 Å². The average Bonchev–Trinajstić information content (AvgIpc) is 2.40. The van der Waals surface area contributed by atoms with Crippen molar-refractivity contribution in [2.45, 2.75) is 58.5 Å². The third-order valence-corrected chi connectivity index (χ3v) is 4.05. The van der Waals surface area contributed by atoms with E-state index in [-0.39, 0.29) is 0 Å². The summed E-state index contributed by atoms with van der Waals surface area (Å²) in [6.07, 6.45) is 6.52. The Bertz CT molecular complexity index is 392. The molecule has 1 fully saturated rings. The van der Waals surface area contributed by atoms with Gasteiger partial charge in [-0.1, -0.05) is 26.2 Å². The van der Waals surface area contributed by atoms with Crippen LogP contribution in [0, 0.1) is 12.8 Å². The molecule has 1 heterocycles. The number of hydrogen-bond donors (Lipinski definition) is 2. The Hall–Kier alpha value is -1.09. The van der Waals surface area contributed by atoms with Gasteiger partial charge in [0.15, 0.2) is 0 Å². The van der Waals surface area contributed by atoms with Crippen molar-refractivity contribution >= 4 is 0 Å². The molecular formula is C15H24N2O. The van der Waals surface area contributed by atoms with Crippen molar-refractivity contribution in [2.24, 2.45) is 5.92 Å². The molecule has 1 saturated carbocycles. The summed E-state index contributed by atoms with van der Waals surface area (Å²) >= 11 is 0. The molecule has 2 rings (SSSR count). The van der Waals surface area contributed by atoms with E-state index in [2.05, 4.69) is 17.2 Å². The summed E-state index contributed by atoms with van der Waals surface area (Å²) in [5, 5.41) is 13.4. The van der Waals surface area contributed by atoms with Crippen LogP contribution in [0.4, 0.5) is 0 Å². The summed E-state index contributed by atoms with van der Waals surface area (Å²) in [4.78, 5) is 4.40.